The molecule has 9 rings (SSSR count). The van der Waals surface area contributed by atoms with E-state index in [1.807, 2.05) is 11.0 Å². The minimum absolute atomic E-state index is 0.0495. The number of fused-ring (bicyclic) bond motifs is 2. The van der Waals surface area contributed by atoms with E-state index in [-0.39, 0.29) is 71.4 Å². The molecule has 3 saturated heterocycles. The van der Waals surface area contributed by atoms with Crippen molar-refractivity contribution in [2.75, 3.05) is 62.0 Å². The first kappa shape index (κ1) is 45.5. The third kappa shape index (κ3) is 8.49. The molecule has 3 atom stereocenters. The van der Waals surface area contributed by atoms with Gasteiger partial charge in [0.25, 0.3) is 0 Å². The standard InChI is InChI=1S/C46H48F6N8O5S/c1-44(2,3)65-43(61)58-41-28(21-53)31-27(8-9-29(48)38(31)66-41)32-34(46(50,51)52)37-33-36(35(32)49)56-42(64-23-45-13-5-15-59(45)22-25(47)20-45)57-40(33)60(16-19-63-37)30(26-6-4-14-55-39(26)54)10-7-24-11-17-62-18-12-24/h4,6,8-9,14,24-25,30H,5,7,10-13,15-20,22-23H2,1-3H3,(H2,54,55)(H,58,61)/t25-,30-,45+/m1/s1. The summed E-state index contributed by atoms with van der Waals surface area (Å²) >= 11 is 0.584. The molecule has 0 bridgehead atoms. The molecule has 3 aromatic heterocycles. The molecule has 0 spiro atoms. The molecule has 66 heavy (non-hydrogen) atoms. The number of anilines is 3. The van der Waals surface area contributed by atoms with E-state index in [2.05, 4.69) is 15.3 Å². The summed E-state index contributed by atoms with van der Waals surface area (Å²) in [6.45, 7) is 6.38. The van der Waals surface area contributed by atoms with E-state index >= 15 is 22.0 Å². The number of hydrogen-bond donors (Lipinski definition) is 2. The number of thiophene rings is 1. The van der Waals surface area contributed by atoms with Crippen LogP contribution in [0.25, 0.3) is 32.1 Å². The molecule has 0 saturated carbocycles. The fourth-order valence-electron chi connectivity index (χ4n) is 10.1. The number of benzene rings is 2. The predicted octanol–water partition coefficient (Wildman–Crippen LogP) is 10.1. The molecule has 0 aliphatic carbocycles. The first-order valence-corrected chi connectivity index (χ1v) is 22.8. The number of nitrogens with zero attached hydrogens (tertiary/aromatic N) is 6. The lowest BCUT2D eigenvalue weighted by molar-refractivity contribution is -0.138. The number of aromatic nitrogens is 3. The molecule has 0 unspecified atom stereocenters. The Bertz CT molecular complexity index is 2740. The number of halogens is 6. The number of carbonyl (C=O) groups excluding carboxylic acids is 1. The first-order chi connectivity index (χ1) is 31.5. The van der Waals surface area contributed by atoms with Crippen molar-refractivity contribution in [2.45, 2.75) is 95.2 Å². The molecule has 0 radical (unpaired) electrons. The van der Waals surface area contributed by atoms with Gasteiger partial charge in [-0.3, -0.25) is 10.2 Å². The number of nitriles is 1. The molecule has 4 aliphatic heterocycles. The van der Waals surface area contributed by atoms with Crippen molar-refractivity contribution in [1.29, 1.82) is 5.26 Å². The maximum Gasteiger partial charge on any atom is 0.420 e. The number of carbonyl (C=O) groups is 1. The average Bonchev–Trinajstić information content (AvgIpc) is 3.88. The average molecular weight is 939 g/mol. The fraction of sp³-hybridized carbons (Fsp3) is 0.500. The summed E-state index contributed by atoms with van der Waals surface area (Å²) in [6.07, 6.45) is -1.55. The Labute approximate surface area is 380 Å². The maximum absolute atomic E-state index is 18.1. The topological polar surface area (TPSA) is 161 Å². The van der Waals surface area contributed by atoms with Crippen molar-refractivity contribution in [1.82, 2.24) is 19.9 Å². The number of alkyl halides is 4. The molecule has 13 nitrogen and oxygen atoms in total. The minimum Gasteiger partial charge on any atom is -0.490 e. The van der Waals surface area contributed by atoms with Crippen LogP contribution < -0.4 is 25.4 Å². The maximum atomic E-state index is 18.1. The zero-order chi connectivity index (χ0) is 46.7. The van der Waals surface area contributed by atoms with Crippen LogP contribution in [0.2, 0.25) is 0 Å². The van der Waals surface area contributed by atoms with Crippen LogP contribution in [0.15, 0.2) is 30.5 Å². The van der Waals surface area contributed by atoms with Crippen molar-refractivity contribution in [3.05, 3.63) is 58.8 Å². The van der Waals surface area contributed by atoms with Gasteiger partial charge in [0.05, 0.1) is 33.8 Å². The third-order valence-corrected chi connectivity index (χ3v) is 14.1. The van der Waals surface area contributed by atoms with E-state index < -0.39 is 86.2 Å². The number of rotatable bonds is 10. The minimum atomic E-state index is -5.32. The van der Waals surface area contributed by atoms with Gasteiger partial charge in [-0.2, -0.15) is 28.4 Å². The van der Waals surface area contributed by atoms with Gasteiger partial charge in [0.1, 0.15) is 70.3 Å². The summed E-state index contributed by atoms with van der Waals surface area (Å²) in [5.41, 5.74) is 1.29. The second-order valence-electron chi connectivity index (χ2n) is 18.3. The number of pyridine rings is 1. The summed E-state index contributed by atoms with van der Waals surface area (Å²) in [6, 6.07) is 6.17. The van der Waals surface area contributed by atoms with Gasteiger partial charge in [-0.1, -0.05) is 12.1 Å². The quantitative estimate of drug-likeness (QED) is 0.128. The van der Waals surface area contributed by atoms with Crippen molar-refractivity contribution >= 4 is 55.1 Å². The van der Waals surface area contributed by atoms with Crippen LogP contribution in [0.5, 0.6) is 11.8 Å². The van der Waals surface area contributed by atoms with Crippen molar-refractivity contribution in [3.8, 4) is 29.0 Å². The highest BCUT2D eigenvalue weighted by Gasteiger charge is 2.50. The molecule has 20 heteroatoms. The summed E-state index contributed by atoms with van der Waals surface area (Å²) in [7, 11) is 0. The number of ether oxygens (including phenoxy) is 4. The number of nitrogens with one attached hydrogen (secondary N) is 1. The Morgan fingerprint density at radius 2 is 1.91 bits per heavy atom. The van der Waals surface area contributed by atoms with E-state index in [4.69, 9.17) is 29.7 Å². The first-order valence-electron chi connectivity index (χ1n) is 22.0. The molecule has 3 fully saturated rings. The molecule has 5 aromatic rings. The van der Waals surface area contributed by atoms with Gasteiger partial charge in [-0.25, -0.2) is 22.9 Å². The van der Waals surface area contributed by atoms with Crippen LogP contribution in [0.4, 0.5) is 47.8 Å². The molecule has 4 aliphatic rings. The number of hydrogen-bond acceptors (Lipinski definition) is 13. The van der Waals surface area contributed by atoms with Crippen LogP contribution in [-0.2, 0) is 15.7 Å². The highest BCUT2D eigenvalue weighted by molar-refractivity contribution is 7.23. The van der Waals surface area contributed by atoms with Crippen LogP contribution in [0, 0.1) is 28.9 Å². The SMILES string of the molecule is CC(C)(C)OC(=O)Nc1sc2c(F)ccc(-c3c(C(F)(F)F)c4c5c(nc(OC[C@@]67CCCN6C[C@H](F)C7)nc5c3F)N([C@H](CCC3CCOCC3)c3cccnc3N)CCO4)c2c1C#N. The molecule has 350 valence electrons. The van der Waals surface area contributed by atoms with E-state index in [9.17, 15) is 14.4 Å². The van der Waals surface area contributed by atoms with E-state index in [0.29, 0.717) is 55.9 Å². The zero-order valence-electron chi connectivity index (χ0n) is 36.5. The van der Waals surface area contributed by atoms with Crippen LogP contribution in [0.3, 0.4) is 0 Å². The zero-order valence-corrected chi connectivity index (χ0v) is 37.3. The third-order valence-electron chi connectivity index (χ3n) is 12.9. The summed E-state index contributed by atoms with van der Waals surface area (Å²) in [5.74, 6) is -2.85. The Morgan fingerprint density at radius 3 is 2.64 bits per heavy atom. The van der Waals surface area contributed by atoms with Crippen LogP contribution in [-0.4, -0.2) is 89.3 Å². The smallest absolute Gasteiger partial charge is 0.420 e. The van der Waals surface area contributed by atoms with Gasteiger partial charge in [0.2, 0.25) is 0 Å². The van der Waals surface area contributed by atoms with Gasteiger partial charge in [0, 0.05) is 48.9 Å². The molecule has 7 heterocycles. The molecular weight excluding hydrogens is 891 g/mol. The largest absolute Gasteiger partial charge is 0.490 e. The lowest BCUT2D eigenvalue weighted by Gasteiger charge is -2.34. The molecule has 1 amide bonds. The van der Waals surface area contributed by atoms with Crippen LogP contribution >= 0.6 is 11.3 Å². The second kappa shape index (κ2) is 17.5. The Hall–Kier alpha value is -5.65. The van der Waals surface area contributed by atoms with Crippen molar-refractivity contribution < 1.29 is 50.1 Å². The number of amides is 1. The van der Waals surface area contributed by atoms with Gasteiger partial charge >= 0.3 is 18.3 Å². The monoisotopic (exact) mass is 938 g/mol. The lowest BCUT2D eigenvalue weighted by atomic mass is 9.89. The molecule has 2 aromatic carbocycles. The summed E-state index contributed by atoms with van der Waals surface area (Å²) < 4.78 is 120. The molecular formula is C46H48F6N8O5S. The van der Waals surface area contributed by atoms with E-state index in [1.54, 1.807) is 37.8 Å². The predicted molar refractivity (Wildman–Crippen MR) is 235 cm³/mol. The van der Waals surface area contributed by atoms with Gasteiger partial charge in [-0.05, 0) is 89.5 Å². The van der Waals surface area contributed by atoms with Crippen molar-refractivity contribution in [3.63, 3.8) is 0 Å². The van der Waals surface area contributed by atoms with E-state index in [1.165, 1.54) is 6.20 Å². The Balaban J connectivity index is 1.28. The highest BCUT2D eigenvalue weighted by Crippen LogP contribution is 2.54. The normalized spacial score (nSPS) is 20.8. The number of nitrogen functional groups attached to an aromatic ring is 1. The highest BCUT2D eigenvalue weighted by atomic mass is 32.1. The van der Waals surface area contributed by atoms with Gasteiger partial charge in [-0.15, -0.1) is 11.3 Å². The second-order valence-corrected chi connectivity index (χ2v) is 19.3. The molecule has 3 N–H and O–H groups in total. The van der Waals surface area contributed by atoms with Crippen LogP contribution in [0.1, 0.15) is 88.4 Å². The lowest BCUT2D eigenvalue weighted by Crippen LogP contribution is -2.43. The van der Waals surface area contributed by atoms with Crippen molar-refractivity contribution in [2.24, 2.45) is 5.92 Å². The van der Waals surface area contributed by atoms with E-state index in [0.717, 1.165) is 31.4 Å². The number of nitrogens with two attached hydrogens (primary N) is 1. The summed E-state index contributed by atoms with van der Waals surface area (Å²) in [4.78, 5) is 30.2. The van der Waals surface area contributed by atoms with Gasteiger partial charge in [0.15, 0.2) is 5.82 Å². The fourth-order valence-corrected chi connectivity index (χ4v) is 11.2. The Morgan fingerprint density at radius 1 is 1.12 bits per heavy atom. The summed E-state index contributed by atoms with van der Waals surface area (Å²) in [5, 5.41) is 11.9. The Kier molecular flexibility index (Phi) is 12.1. The van der Waals surface area contributed by atoms with Gasteiger partial charge < -0.3 is 29.6 Å².